The van der Waals surface area contributed by atoms with E-state index in [0.29, 0.717) is 45.6 Å². The van der Waals surface area contributed by atoms with E-state index in [4.69, 9.17) is 4.42 Å². The lowest BCUT2D eigenvalue weighted by atomic mass is 10.3. The second kappa shape index (κ2) is 8.80. The lowest BCUT2D eigenvalue weighted by Gasteiger charge is -2.10. The average Bonchev–Trinajstić information content (AvgIpc) is 3.32. The Morgan fingerprint density at radius 2 is 1.97 bits per heavy atom. The Morgan fingerprint density at radius 3 is 2.67 bits per heavy atom. The summed E-state index contributed by atoms with van der Waals surface area (Å²) in [4.78, 5) is 36.1. The van der Waals surface area contributed by atoms with E-state index in [1.165, 1.54) is 42.6 Å². The first-order valence-electron chi connectivity index (χ1n) is 10.3. The number of aryl methyl sites for hydroxylation is 2. The number of aromatic nitrogens is 5. The number of hydrogen-bond donors (Lipinski definition) is 1. The second-order valence-electron chi connectivity index (χ2n) is 7.71. The molecule has 0 saturated carbocycles. The van der Waals surface area contributed by atoms with E-state index in [1.807, 2.05) is 6.92 Å². The zero-order valence-electron chi connectivity index (χ0n) is 18.7. The van der Waals surface area contributed by atoms with Crippen molar-refractivity contribution in [3.05, 3.63) is 44.9 Å². The highest BCUT2D eigenvalue weighted by atomic mass is 32.2. The molecule has 0 atom stereocenters. The van der Waals surface area contributed by atoms with Crippen LogP contribution in [-0.2, 0) is 29.4 Å². The van der Waals surface area contributed by atoms with Crippen molar-refractivity contribution in [2.75, 3.05) is 14.1 Å². The number of imidazole rings is 1. The Hall–Kier alpha value is -2.90. The van der Waals surface area contributed by atoms with Gasteiger partial charge in [-0.05, 0) is 24.6 Å². The highest BCUT2D eigenvalue weighted by Gasteiger charge is 2.20. The van der Waals surface area contributed by atoms with Gasteiger partial charge >= 0.3 is 5.69 Å². The molecule has 0 unspecified atom stereocenters. The van der Waals surface area contributed by atoms with E-state index in [-0.39, 0.29) is 4.90 Å². The van der Waals surface area contributed by atoms with Crippen LogP contribution in [0.4, 0.5) is 0 Å². The van der Waals surface area contributed by atoms with Crippen LogP contribution in [0.5, 0.6) is 0 Å². The number of oxazole rings is 1. The Morgan fingerprint density at radius 1 is 1.21 bits per heavy atom. The van der Waals surface area contributed by atoms with Gasteiger partial charge in [-0.1, -0.05) is 25.1 Å². The number of benzene rings is 1. The van der Waals surface area contributed by atoms with Crippen LogP contribution in [0.2, 0.25) is 0 Å². The summed E-state index contributed by atoms with van der Waals surface area (Å²) in [6.07, 6.45) is 1.69. The molecule has 3 heterocycles. The van der Waals surface area contributed by atoms with Crippen LogP contribution >= 0.6 is 11.8 Å². The van der Waals surface area contributed by atoms with Gasteiger partial charge in [0.25, 0.3) is 10.8 Å². The Balaban J connectivity index is 1.64. The summed E-state index contributed by atoms with van der Waals surface area (Å²) in [5, 5.41) is 0.341. The third kappa shape index (κ3) is 4.23. The molecule has 1 aromatic carbocycles. The van der Waals surface area contributed by atoms with Gasteiger partial charge in [0, 0.05) is 27.7 Å². The van der Waals surface area contributed by atoms with Crippen molar-refractivity contribution in [1.82, 2.24) is 28.4 Å². The number of sulfonamides is 1. The minimum atomic E-state index is -3.58. The number of rotatable bonds is 8. The van der Waals surface area contributed by atoms with Gasteiger partial charge in [0.15, 0.2) is 16.7 Å². The molecule has 0 aliphatic rings. The van der Waals surface area contributed by atoms with Crippen molar-refractivity contribution in [3.63, 3.8) is 0 Å². The molecule has 4 rings (SSSR count). The van der Waals surface area contributed by atoms with Crippen LogP contribution in [0.3, 0.4) is 0 Å². The van der Waals surface area contributed by atoms with Crippen LogP contribution < -0.4 is 11.2 Å². The minimum Gasteiger partial charge on any atom is -0.431 e. The van der Waals surface area contributed by atoms with Crippen LogP contribution in [0.25, 0.3) is 22.3 Å². The SMILES string of the molecule is CCCCn1c(=O)[nH]c(=O)c2c1nc(CSc1nc3cc(S(=O)(=O)N(C)C)ccc3o1)n2C. The van der Waals surface area contributed by atoms with Gasteiger partial charge in [0.05, 0.1) is 10.6 Å². The molecule has 176 valence electrons. The fourth-order valence-electron chi connectivity index (χ4n) is 3.39. The molecule has 0 aliphatic heterocycles. The molecule has 3 aromatic heterocycles. The number of hydrogen-bond acceptors (Lipinski definition) is 8. The summed E-state index contributed by atoms with van der Waals surface area (Å²) >= 11 is 1.26. The number of fused-ring (bicyclic) bond motifs is 2. The topological polar surface area (TPSA) is 136 Å². The number of unbranched alkanes of at least 4 members (excludes halogenated alkanes) is 1. The van der Waals surface area contributed by atoms with E-state index in [0.717, 1.165) is 17.1 Å². The fourth-order valence-corrected chi connectivity index (χ4v) is 5.13. The minimum absolute atomic E-state index is 0.129. The lowest BCUT2D eigenvalue weighted by Crippen LogP contribution is -2.31. The van der Waals surface area contributed by atoms with Crippen molar-refractivity contribution in [3.8, 4) is 0 Å². The Bertz CT molecular complexity index is 1560. The second-order valence-corrected chi connectivity index (χ2v) is 10.8. The zero-order chi connectivity index (χ0) is 23.9. The quantitative estimate of drug-likeness (QED) is 0.368. The molecule has 33 heavy (non-hydrogen) atoms. The zero-order valence-corrected chi connectivity index (χ0v) is 20.3. The average molecular weight is 493 g/mol. The van der Waals surface area contributed by atoms with Gasteiger partial charge in [-0.3, -0.25) is 14.3 Å². The smallest absolute Gasteiger partial charge is 0.330 e. The molecule has 1 N–H and O–H groups in total. The van der Waals surface area contributed by atoms with Gasteiger partial charge in [-0.25, -0.2) is 27.5 Å². The largest absolute Gasteiger partial charge is 0.431 e. The lowest BCUT2D eigenvalue weighted by molar-refractivity contribution is 0.489. The first-order chi connectivity index (χ1) is 15.6. The molecule has 0 fully saturated rings. The van der Waals surface area contributed by atoms with Crippen LogP contribution in [0.15, 0.2) is 42.3 Å². The van der Waals surface area contributed by atoms with E-state index < -0.39 is 21.3 Å². The Kier molecular flexibility index (Phi) is 6.20. The fraction of sp³-hybridized carbons (Fsp3) is 0.400. The van der Waals surface area contributed by atoms with E-state index in [9.17, 15) is 18.0 Å². The van der Waals surface area contributed by atoms with E-state index >= 15 is 0 Å². The van der Waals surface area contributed by atoms with Gasteiger partial charge in [0.2, 0.25) is 10.0 Å². The summed E-state index contributed by atoms with van der Waals surface area (Å²) < 4.78 is 34.7. The number of nitrogens with one attached hydrogen (secondary N) is 1. The number of H-pyrrole nitrogens is 1. The number of thioether (sulfide) groups is 1. The summed E-state index contributed by atoms with van der Waals surface area (Å²) in [7, 11) is 1.07. The third-order valence-electron chi connectivity index (χ3n) is 5.28. The first-order valence-corrected chi connectivity index (χ1v) is 12.7. The number of aromatic amines is 1. The summed E-state index contributed by atoms with van der Waals surface area (Å²) in [6, 6.07) is 4.52. The summed E-state index contributed by atoms with van der Waals surface area (Å²) in [5.41, 5.74) is 0.621. The van der Waals surface area contributed by atoms with Crippen molar-refractivity contribution < 1.29 is 12.8 Å². The normalized spacial score (nSPS) is 12.4. The van der Waals surface area contributed by atoms with Gasteiger partial charge in [-0.15, -0.1) is 0 Å². The molecule has 4 aromatic rings. The van der Waals surface area contributed by atoms with E-state index in [2.05, 4.69) is 15.0 Å². The van der Waals surface area contributed by atoms with Crippen LogP contribution in [0.1, 0.15) is 25.6 Å². The molecule has 0 bridgehead atoms. The molecule has 11 nitrogen and oxygen atoms in total. The van der Waals surface area contributed by atoms with Crippen LogP contribution in [0, 0.1) is 0 Å². The molecule has 0 amide bonds. The molecule has 0 aliphatic carbocycles. The molecule has 0 radical (unpaired) electrons. The molecular weight excluding hydrogens is 468 g/mol. The van der Waals surface area contributed by atoms with Gasteiger partial charge in [-0.2, -0.15) is 0 Å². The van der Waals surface area contributed by atoms with Gasteiger partial charge < -0.3 is 8.98 Å². The predicted octanol–water partition coefficient (Wildman–Crippen LogP) is 1.91. The first kappa shape index (κ1) is 23.3. The van der Waals surface area contributed by atoms with E-state index in [1.54, 1.807) is 17.7 Å². The molecule has 0 spiro atoms. The molecular formula is C20H24N6O5S2. The standard InChI is InChI=1S/C20H24N6O5S2/c1-5-6-9-26-17-16(18(27)23-19(26)28)25(4)15(22-17)11-32-20-21-13-10-12(7-8-14(13)31-20)33(29,30)24(2)3/h7-8,10H,5-6,9,11H2,1-4H3,(H,23,27,28). The highest BCUT2D eigenvalue weighted by Crippen LogP contribution is 2.28. The van der Waals surface area contributed by atoms with Crippen molar-refractivity contribution in [2.45, 2.75) is 42.2 Å². The van der Waals surface area contributed by atoms with Crippen molar-refractivity contribution >= 4 is 44.0 Å². The maximum absolute atomic E-state index is 12.4. The highest BCUT2D eigenvalue weighted by molar-refractivity contribution is 7.98. The summed E-state index contributed by atoms with van der Waals surface area (Å²) in [6.45, 7) is 2.49. The van der Waals surface area contributed by atoms with Crippen LogP contribution in [-0.4, -0.2) is 50.9 Å². The molecule has 0 saturated heterocycles. The summed E-state index contributed by atoms with van der Waals surface area (Å²) in [5.74, 6) is 0.914. The third-order valence-corrected chi connectivity index (χ3v) is 7.92. The van der Waals surface area contributed by atoms with Gasteiger partial charge in [0.1, 0.15) is 11.3 Å². The van der Waals surface area contributed by atoms with Crippen molar-refractivity contribution in [1.29, 1.82) is 0 Å². The predicted molar refractivity (Wildman–Crippen MR) is 125 cm³/mol. The maximum atomic E-state index is 12.4. The Labute approximate surface area is 193 Å². The molecule has 13 heteroatoms. The monoisotopic (exact) mass is 492 g/mol. The number of nitrogens with zero attached hydrogens (tertiary/aromatic N) is 5. The van der Waals surface area contributed by atoms with Crippen molar-refractivity contribution in [2.24, 2.45) is 7.05 Å². The maximum Gasteiger partial charge on any atom is 0.330 e.